The summed E-state index contributed by atoms with van der Waals surface area (Å²) in [6.07, 6.45) is 4.39. The molecule has 29 heavy (non-hydrogen) atoms. The van der Waals surface area contributed by atoms with Gasteiger partial charge >= 0.3 is 6.09 Å². The maximum atomic E-state index is 14.4. The summed E-state index contributed by atoms with van der Waals surface area (Å²) in [7, 11) is 1.53. The van der Waals surface area contributed by atoms with Crippen molar-refractivity contribution in [3.8, 4) is 5.88 Å². The van der Waals surface area contributed by atoms with Crippen LogP contribution in [0.2, 0.25) is 0 Å². The van der Waals surface area contributed by atoms with Crippen molar-refractivity contribution >= 4 is 23.1 Å². The molecule has 2 heterocycles. The van der Waals surface area contributed by atoms with Gasteiger partial charge in [0.05, 0.1) is 31.4 Å². The third-order valence-electron chi connectivity index (χ3n) is 4.54. The zero-order valence-corrected chi connectivity index (χ0v) is 17.2. The Hall–Kier alpha value is -2.67. The number of pyridine rings is 1. The third-order valence-corrected chi connectivity index (χ3v) is 4.54. The largest absolute Gasteiger partial charge is 0.481 e. The molecule has 1 aliphatic rings. The van der Waals surface area contributed by atoms with Crippen LogP contribution in [0.25, 0.3) is 17.0 Å². The molecule has 0 saturated carbocycles. The molecule has 0 aliphatic carbocycles. The molecule has 1 aromatic carbocycles. The van der Waals surface area contributed by atoms with Gasteiger partial charge in [-0.3, -0.25) is 0 Å². The summed E-state index contributed by atoms with van der Waals surface area (Å²) in [5, 5.41) is 3.65. The third kappa shape index (κ3) is 5.67. The van der Waals surface area contributed by atoms with E-state index in [9.17, 15) is 9.18 Å². The van der Waals surface area contributed by atoms with Gasteiger partial charge in [0, 0.05) is 17.0 Å². The number of benzene rings is 1. The molecule has 0 radical (unpaired) electrons. The van der Waals surface area contributed by atoms with Crippen LogP contribution in [0, 0.1) is 5.82 Å². The van der Waals surface area contributed by atoms with Crippen LogP contribution in [0.5, 0.6) is 5.88 Å². The van der Waals surface area contributed by atoms with E-state index in [4.69, 9.17) is 14.2 Å². The number of carbonyl (C=O) groups excluding carboxylic acids is 1. The molecule has 1 amide bonds. The Bertz CT molecular complexity index is 900. The number of alkyl carbamates (subject to hydrolysis) is 1. The SMILES string of the molecule is COc1ccc2ccc(F)c(/C=C/[C@@H]3CC[C@@H](NC(=O)OC(C)(C)C)CO3)c2n1. The molecule has 2 atom stereocenters. The predicted molar refractivity (Wildman–Crippen MR) is 109 cm³/mol. The summed E-state index contributed by atoms with van der Waals surface area (Å²) in [5.41, 5.74) is 0.407. The van der Waals surface area contributed by atoms with Gasteiger partial charge < -0.3 is 19.5 Å². The first kappa shape index (κ1) is 21.0. The monoisotopic (exact) mass is 402 g/mol. The van der Waals surface area contributed by atoms with Gasteiger partial charge in [-0.2, -0.15) is 0 Å². The zero-order valence-electron chi connectivity index (χ0n) is 17.2. The Morgan fingerprint density at radius 2 is 2.03 bits per heavy atom. The molecule has 1 N–H and O–H groups in total. The summed E-state index contributed by atoms with van der Waals surface area (Å²) < 4.78 is 30.7. The van der Waals surface area contributed by atoms with Gasteiger partial charge in [-0.15, -0.1) is 0 Å². The van der Waals surface area contributed by atoms with Crippen LogP contribution in [0.3, 0.4) is 0 Å². The maximum Gasteiger partial charge on any atom is 0.407 e. The normalized spacial score (nSPS) is 20.0. The second kappa shape index (κ2) is 8.78. The van der Waals surface area contributed by atoms with Crippen molar-refractivity contribution in [3.63, 3.8) is 0 Å². The number of ether oxygens (including phenoxy) is 3. The van der Waals surface area contributed by atoms with Crippen molar-refractivity contribution in [3.05, 3.63) is 41.7 Å². The minimum Gasteiger partial charge on any atom is -0.481 e. The smallest absolute Gasteiger partial charge is 0.407 e. The quantitative estimate of drug-likeness (QED) is 0.817. The molecule has 0 unspecified atom stereocenters. The van der Waals surface area contributed by atoms with Crippen LogP contribution in [-0.2, 0) is 9.47 Å². The van der Waals surface area contributed by atoms with Crippen LogP contribution in [0.4, 0.5) is 9.18 Å². The molecular formula is C22H27FN2O4. The molecule has 0 bridgehead atoms. The number of nitrogens with zero attached hydrogens (tertiary/aromatic N) is 1. The molecule has 1 fully saturated rings. The molecule has 156 valence electrons. The van der Waals surface area contributed by atoms with E-state index in [1.54, 1.807) is 18.2 Å². The molecule has 2 aromatic rings. The van der Waals surface area contributed by atoms with Gasteiger partial charge in [-0.05, 0) is 51.8 Å². The van der Waals surface area contributed by atoms with Crippen molar-refractivity contribution in [1.29, 1.82) is 0 Å². The molecule has 1 aliphatic heterocycles. The highest BCUT2D eigenvalue weighted by Crippen LogP contribution is 2.25. The fourth-order valence-electron chi connectivity index (χ4n) is 3.16. The Labute approximate surface area is 170 Å². The fraction of sp³-hybridized carbons (Fsp3) is 0.455. The number of methoxy groups -OCH3 is 1. The average molecular weight is 402 g/mol. The lowest BCUT2D eigenvalue weighted by atomic mass is 10.0. The number of amides is 1. The molecular weight excluding hydrogens is 375 g/mol. The predicted octanol–water partition coefficient (Wildman–Crippen LogP) is 4.47. The lowest BCUT2D eigenvalue weighted by molar-refractivity contribution is 0.0136. The van der Waals surface area contributed by atoms with Crippen molar-refractivity contribution < 1.29 is 23.4 Å². The second-order valence-corrected chi connectivity index (χ2v) is 8.04. The number of nitrogens with one attached hydrogen (secondary N) is 1. The Balaban J connectivity index is 1.63. The first-order valence-electron chi connectivity index (χ1n) is 9.68. The molecule has 1 saturated heterocycles. The first-order chi connectivity index (χ1) is 13.7. The van der Waals surface area contributed by atoms with Gasteiger partial charge in [0.15, 0.2) is 0 Å². The zero-order chi connectivity index (χ0) is 21.0. The highest BCUT2D eigenvalue weighted by molar-refractivity contribution is 5.87. The van der Waals surface area contributed by atoms with Gasteiger partial charge in [0.1, 0.15) is 11.4 Å². The van der Waals surface area contributed by atoms with E-state index >= 15 is 0 Å². The van der Waals surface area contributed by atoms with E-state index in [1.165, 1.54) is 13.2 Å². The van der Waals surface area contributed by atoms with Gasteiger partial charge in [-0.1, -0.05) is 12.2 Å². The van der Waals surface area contributed by atoms with E-state index in [2.05, 4.69) is 10.3 Å². The Morgan fingerprint density at radius 3 is 2.69 bits per heavy atom. The van der Waals surface area contributed by atoms with E-state index < -0.39 is 11.7 Å². The Morgan fingerprint density at radius 1 is 1.28 bits per heavy atom. The van der Waals surface area contributed by atoms with Gasteiger partial charge in [0.25, 0.3) is 0 Å². The second-order valence-electron chi connectivity index (χ2n) is 8.04. The van der Waals surface area contributed by atoms with Gasteiger partial charge in [0.2, 0.25) is 5.88 Å². The number of aromatic nitrogens is 1. The number of fused-ring (bicyclic) bond motifs is 1. The van der Waals surface area contributed by atoms with Crippen LogP contribution < -0.4 is 10.1 Å². The first-order valence-corrected chi connectivity index (χ1v) is 9.68. The number of rotatable bonds is 4. The summed E-state index contributed by atoms with van der Waals surface area (Å²) in [6.45, 7) is 5.84. The summed E-state index contributed by atoms with van der Waals surface area (Å²) in [5.74, 6) is 0.0810. The number of halogens is 1. The molecule has 3 rings (SSSR count). The maximum absolute atomic E-state index is 14.4. The summed E-state index contributed by atoms with van der Waals surface area (Å²) in [6, 6.07) is 6.62. The van der Waals surface area contributed by atoms with Crippen molar-refractivity contribution in [2.24, 2.45) is 0 Å². The number of hydrogen-bond donors (Lipinski definition) is 1. The van der Waals surface area contributed by atoms with E-state index in [1.807, 2.05) is 32.9 Å². The Kier molecular flexibility index (Phi) is 6.37. The summed E-state index contributed by atoms with van der Waals surface area (Å²) >= 11 is 0. The van der Waals surface area contributed by atoms with Crippen molar-refractivity contribution in [1.82, 2.24) is 10.3 Å². The van der Waals surface area contributed by atoms with Crippen LogP contribution >= 0.6 is 0 Å². The van der Waals surface area contributed by atoms with Crippen LogP contribution in [0.15, 0.2) is 30.3 Å². The average Bonchev–Trinajstić information content (AvgIpc) is 2.66. The fourth-order valence-corrected chi connectivity index (χ4v) is 3.16. The van der Waals surface area contributed by atoms with E-state index in [-0.39, 0.29) is 18.0 Å². The van der Waals surface area contributed by atoms with E-state index in [0.717, 1.165) is 11.8 Å². The van der Waals surface area contributed by atoms with Crippen molar-refractivity contribution in [2.75, 3.05) is 13.7 Å². The standard InChI is InChI=1S/C22H27FN2O4/c1-22(2,3)29-21(26)24-15-7-8-16(28-13-15)9-10-17-18(23)11-5-14-6-12-19(27-4)25-20(14)17/h5-6,9-12,15-16H,7-8,13H2,1-4H3,(H,24,26)/b10-9+/t15-,16+/m1/s1. The van der Waals surface area contributed by atoms with Crippen LogP contribution in [0.1, 0.15) is 39.2 Å². The minimum atomic E-state index is -0.538. The van der Waals surface area contributed by atoms with Gasteiger partial charge in [-0.25, -0.2) is 14.2 Å². The number of hydrogen-bond acceptors (Lipinski definition) is 5. The highest BCUT2D eigenvalue weighted by Gasteiger charge is 2.24. The van der Waals surface area contributed by atoms with E-state index in [0.29, 0.717) is 30.0 Å². The number of carbonyl (C=O) groups is 1. The molecule has 6 nitrogen and oxygen atoms in total. The molecule has 1 aromatic heterocycles. The minimum absolute atomic E-state index is 0.102. The lowest BCUT2D eigenvalue weighted by Gasteiger charge is -2.29. The molecule has 0 spiro atoms. The molecule has 7 heteroatoms. The lowest BCUT2D eigenvalue weighted by Crippen LogP contribution is -2.44. The van der Waals surface area contributed by atoms with Crippen molar-refractivity contribution in [2.45, 2.75) is 51.4 Å². The topological polar surface area (TPSA) is 69.7 Å². The summed E-state index contributed by atoms with van der Waals surface area (Å²) in [4.78, 5) is 16.2. The highest BCUT2D eigenvalue weighted by atomic mass is 19.1. The van der Waals surface area contributed by atoms with Crippen LogP contribution in [-0.4, -0.2) is 42.5 Å².